The minimum absolute atomic E-state index is 0. The van der Waals surface area contributed by atoms with Crippen molar-refractivity contribution in [2.45, 2.75) is 12.8 Å². The maximum absolute atomic E-state index is 10.5. The molecule has 0 fully saturated rings. The van der Waals surface area contributed by atoms with Crippen molar-refractivity contribution in [2.24, 2.45) is 0 Å². The van der Waals surface area contributed by atoms with E-state index in [4.69, 9.17) is 4.74 Å². The van der Waals surface area contributed by atoms with Crippen LogP contribution in [0.4, 0.5) is 0 Å². The Labute approximate surface area is 105 Å². The van der Waals surface area contributed by atoms with E-state index in [9.17, 15) is 9.90 Å². The maximum Gasteiger partial charge on any atom is 1.00 e. The summed E-state index contributed by atoms with van der Waals surface area (Å²) >= 11 is 0. The summed E-state index contributed by atoms with van der Waals surface area (Å²) in [6, 6.07) is 6.90. The molecule has 0 heterocycles. The molecule has 3 nitrogen and oxygen atoms in total. The fourth-order valence-corrected chi connectivity index (χ4v) is 1.03. The Hall–Kier alpha value is -0.510. The van der Waals surface area contributed by atoms with Crippen LogP contribution in [0.1, 0.15) is 18.4 Å². The molecular formula is C10H11NaO3. The van der Waals surface area contributed by atoms with Gasteiger partial charge >= 0.3 is 29.6 Å². The molecule has 0 amide bonds. The van der Waals surface area contributed by atoms with Crippen LogP contribution < -0.4 is 39.4 Å². The number of carboxylic acids is 1. The van der Waals surface area contributed by atoms with Crippen LogP contribution in [-0.2, 0) is 4.79 Å². The van der Waals surface area contributed by atoms with Gasteiger partial charge in [0.05, 0.1) is 7.11 Å². The summed E-state index contributed by atoms with van der Waals surface area (Å²) in [7, 11) is 1.57. The van der Waals surface area contributed by atoms with Crippen molar-refractivity contribution in [3.8, 4) is 5.75 Å². The number of hydrogen-bond donors (Lipinski definition) is 0. The number of benzene rings is 1. The minimum atomic E-state index is -1.06. The molecule has 70 valence electrons. The fourth-order valence-electron chi connectivity index (χ4n) is 1.03. The molecule has 0 bridgehead atoms. The largest absolute Gasteiger partial charge is 1.00 e. The van der Waals surface area contributed by atoms with Crippen molar-refractivity contribution in [1.29, 1.82) is 0 Å². The Kier molecular flexibility index (Phi) is 5.84. The molecule has 0 radical (unpaired) electrons. The standard InChI is InChI=1S/C10H12O3.Na/c1-7(10(11)12)8-3-5-9(13-2)6-4-8;/h3-7H,1-2H3,(H,11,12);/q;+1/p-1. The van der Waals surface area contributed by atoms with E-state index in [0.29, 0.717) is 5.75 Å². The van der Waals surface area contributed by atoms with Crippen LogP contribution in [0, 0.1) is 0 Å². The monoisotopic (exact) mass is 202 g/mol. The summed E-state index contributed by atoms with van der Waals surface area (Å²) in [6.07, 6.45) is 0. The third-order valence-electron chi connectivity index (χ3n) is 1.97. The van der Waals surface area contributed by atoms with Gasteiger partial charge in [-0.2, -0.15) is 0 Å². The van der Waals surface area contributed by atoms with Gasteiger partial charge in [-0.3, -0.25) is 0 Å². The summed E-state index contributed by atoms with van der Waals surface area (Å²) in [4.78, 5) is 10.5. The average Bonchev–Trinajstić information content (AvgIpc) is 2.17. The summed E-state index contributed by atoms with van der Waals surface area (Å²) < 4.78 is 4.95. The predicted octanol–water partition coefficient (Wildman–Crippen LogP) is -2.45. The normalized spacial score (nSPS) is 11.3. The minimum Gasteiger partial charge on any atom is -0.550 e. The van der Waals surface area contributed by atoms with E-state index < -0.39 is 11.9 Å². The van der Waals surface area contributed by atoms with E-state index in [1.807, 2.05) is 0 Å². The van der Waals surface area contributed by atoms with Crippen LogP contribution >= 0.6 is 0 Å². The average molecular weight is 202 g/mol. The Balaban J connectivity index is 0.00000169. The number of methoxy groups -OCH3 is 1. The Morgan fingerprint density at radius 1 is 1.36 bits per heavy atom. The number of rotatable bonds is 3. The number of carboxylic acid groups (broad SMARTS) is 1. The zero-order valence-electron chi connectivity index (χ0n) is 8.61. The molecule has 1 aromatic rings. The second kappa shape index (κ2) is 6.06. The molecule has 0 N–H and O–H groups in total. The second-order valence-electron chi connectivity index (χ2n) is 2.81. The molecule has 14 heavy (non-hydrogen) atoms. The summed E-state index contributed by atoms with van der Waals surface area (Å²) in [5, 5.41) is 10.5. The first-order valence-corrected chi connectivity index (χ1v) is 4.00. The van der Waals surface area contributed by atoms with Gasteiger partial charge < -0.3 is 14.6 Å². The van der Waals surface area contributed by atoms with Crippen molar-refractivity contribution >= 4 is 5.97 Å². The summed E-state index contributed by atoms with van der Waals surface area (Å²) in [5.74, 6) is -0.926. The van der Waals surface area contributed by atoms with E-state index in [1.165, 1.54) is 0 Å². The van der Waals surface area contributed by atoms with Gasteiger partial charge in [-0.25, -0.2) is 0 Å². The molecule has 0 saturated heterocycles. The summed E-state index contributed by atoms with van der Waals surface area (Å²) in [5.41, 5.74) is 0.723. The molecule has 1 atom stereocenters. The summed E-state index contributed by atoms with van der Waals surface area (Å²) in [6.45, 7) is 1.59. The van der Waals surface area contributed by atoms with Gasteiger partial charge in [0.1, 0.15) is 5.75 Å². The quantitative estimate of drug-likeness (QED) is 0.511. The zero-order valence-corrected chi connectivity index (χ0v) is 10.6. The molecule has 0 aliphatic heterocycles. The van der Waals surface area contributed by atoms with Crippen LogP contribution in [0.2, 0.25) is 0 Å². The van der Waals surface area contributed by atoms with E-state index in [0.717, 1.165) is 5.56 Å². The molecule has 0 saturated carbocycles. The van der Waals surface area contributed by atoms with Crippen molar-refractivity contribution in [3.05, 3.63) is 29.8 Å². The zero-order chi connectivity index (χ0) is 9.84. The first-order chi connectivity index (χ1) is 6.15. The third-order valence-corrected chi connectivity index (χ3v) is 1.97. The van der Waals surface area contributed by atoms with Gasteiger partial charge in [-0.1, -0.05) is 19.1 Å². The number of carbonyl (C=O) groups excluding carboxylic acids is 1. The SMILES string of the molecule is COc1ccc(C(C)C(=O)[O-])cc1.[Na+]. The van der Waals surface area contributed by atoms with Crippen LogP contribution in [0.15, 0.2) is 24.3 Å². The van der Waals surface area contributed by atoms with E-state index in [-0.39, 0.29) is 29.6 Å². The Bertz CT molecular complexity index is 295. The molecule has 1 rings (SSSR count). The number of carbonyl (C=O) groups is 1. The van der Waals surface area contributed by atoms with Crippen molar-refractivity contribution in [3.63, 3.8) is 0 Å². The first kappa shape index (κ1) is 13.5. The Morgan fingerprint density at radius 2 is 1.86 bits per heavy atom. The van der Waals surface area contributed by atoms with Gasteiger partial charge in [-0.05, 0) is 17.7 Å². The molecule has 0 spiro atoms. The Morgan fingerprint density at radius 3 is 2.21 bits per heavy atom. The van der Waals surface area contributed by atoms with E-state index in [2.05, 4.69) is 0 Å². The van der Waals surface area contributed by atoms with Crippen LogP contribution in [0.5, 0.6) is 5.75 Å². The van der Waals surface area contributed by atoms with Crippen molar-refractivity contribution < 1.29 is 44.2 Å². The third kappa shape index (κ3) is 3.33. The molecule has 4 heteroatoms. The van der Waals surface area contributed by atoms with Gasteiger partial charge in [0.25, 0.3) is 0 Å². The van der Waals surface area contributed by atoms with Crippen molar-refractivity contribution in [1.82, 2.24) is 0 Å². The molecule has 1 aromatic carbocycles. The molecular weight excluding hydrogens is 191 g/mol. The van der Waals surface area contributed by atoms with Crippen molar-refractivity contribution in [2.75, 3.05) is 7.11 Å². The smallest absolute Gasteiger partial charge is 0.550 e. The number of hydrogen-bond acceptors (Lipinski definition) is 3. The van der Waals surface area contributed by atoms with Gasteiger partial charge in [0, 0.05) is 11.9 Å². The molecule has 0 aromatic heterocycles. The van der Waals surface area contributed by atoms with Crippen LogP contribution in [0.3, 0.4) is 0 Å². The van der Waals surface area contributed by atoms with Gasteiger partial charge in [0.2, 0.25) is 0 Å². The van der Waals surface area contributed by atoms with Gasteiger partial charge in [-0.15, -0.1) is 0 Å². The van der Waals surface area contributed by atoms with E-state index in [1.54, 1.807) is 38.3 Å². The van der Waals surface area contributed by atoms with Gasteiger partial charge in [0.15, 0.2) is 0 Å². The molecule has 0 aliphatic carbocycles. The van der Waals surface area contributed by atoms with Crippen LogP contribution in [0.25, 0.3) is 0 Å². The molecule has 1 unspecified atom stereocenters. The van der Waals surface area contributed by atoms with Crippen LogP contribution in [-0.4, -0.2) is 13.1 Å². The number of ether oxygens (including phenoxy) is 1. The molecule has 0 aliphatic rings. The fraction of sp³-hybridized carbons (Fsp3) is 0.300. The topological polar surface area (TPSA) is 49.4 Å². The first-order valence-electron chi connectivity index (χ1n) is 4.00. The van der Waals surface area contributed by atoms with E-state index >= 15 is 0 Å². The number of aliphatic carboxylic acids is 1. The second-order valence-corrected chi connectivity index (χ2v) is 2.81. The maximum atomic E-state index is 10.5. The predicted molar refractivity (Wildman–Crippen MR) is 46.4 cm³/mol.